The lowest BCUT2D eigenvalue weighted by Gasteiger charge is -2.20. The Balaban J connectivity index is 2.04. The summed E-state index contributed by atoms with van der Waals surface area (Å²) in [5.74, 6) is 0.353. The van der Waals surface area contributed by atoms with E-state index in [0.29, 0.717) is 0 Å². The summed E-state index contributed by atoms with van der Waals surface area (Å²) in [4.78, 5) is 12.4. The Morgan fingerprint density at radius 3 is 2.30 bits per heavy atom. The lowest BCUT2D eigenvalue weighted by molar-refractivity contribution is -0.120. The Kier molecular flexibility index (Phi) is 5.05. The fourth-order valence-corrected chi connectivity index (χ4v) is 2.93. The van der Waals surface area contributed by atoms with E-state index in [1.165, 1.54) is 32.1 Å². The molecule has 3 heteroatoms. The molecule has 3 nitrogen and oxygen atoms in total. The number of hydrogen-bond acceptors (Lipinski definition) is 2. The molecule has 1 aliphatic rings. The molecule has 0 saturated heterocycles. The third kappa shape index (κ3) is 3.75. The van der Waals surface area contributed by atoms with Crippen molar-refractivity contribution >= 4 is 17.3 Å². The van der Waals surface area contributed by atoms with Gasteiger partial charge in [0.15, 0.2) is 0 Å². The Bertz CT molecular complexity index is 474. The van der Waals surface area contributed by atoms with E-state index in [9.17, 15) is 4.79 Å². The van der Waals surface area contributed by atoms with Crippen LogP contribution in [0.2, 0.25) is 0 Å². The number of benzene rings is 1. The van der Waals surface area contributed by atoms with Gasteiger partial charge in [-0.05, 0) is 49.9 Å². The van der Waals surface area contributed by atoms with Crippen LogP contribution in [0.5, 0.6) is 0 Å². The molecule has 2 rings (SSSR count). The summed E-state index contributed by atoms with van der Waals surface area (Å²) in [7, 11) is 0. The van der Waals surface area contributed by atoms with Gasteiger partial charge in [-0.25, -0.2) is 0 Å². The van der Waals surface area contributed by atoms with E-state index in [1.54, 1.807) is 0 Å². The zero-order valence-corrected chi connectivity index (χ0v) is 12.7. The van der Waals surface area contributed by atoms with Crippen LogP contribution in [0.1, 0.15) is 56.1 Å². The van der Waals surface area contributed by atoms with Gasteiger partial charge < -0.3 is 11.1 Å². The summed E-state index contributed by atoms with van der Waals surface area (Å²) in [6.07, 6.45) is 8.27. The molecule has 1 fully saturated rings. The van der Waals surface area contributed by atoms with Gasteiger partial charge in [0.2, 0.25) is 5.91 Å². The summed E-state index contributed by atoms with van der Waals surface area (Å²) >= 11 is 0. The predicted octanol–water partition coefficient (Wildman–Crippen LogP) is 4.18. The van der Waals surface area contributed by atoms with Gasteiger partial charge >= 0.3 is 0 Å². The number of nitrogens with two attached hydrogens (primary N) is 1. The summed E-state index contributed by atoms with van der Waals surface area (Å²) in [6.45, 7) is 3.96. The van der Waals surface area contributed by atoms with Crippen molar-refractivity contribution in [3.8, 4) is 0 Å². The second-order valence-corrected chi connectivity index (χ2v) is 6.06. The van der Waals surface area contributed by atoms with E-state index >= 15 is 0 Å². The largest absolute Gasteiger partial charge is 0.399 e. The van der Waals surface area contributed by atoms with Crippen LogP contribution in [0.25, 0.3) is 0 Å². The molecule has 0 heterocycles. The minimum atomic E-state index is 0.174. The zero-order chi connectivity index (χ0) is 14.5. The molecule has 20 heavy (non-hydrogen) atoms. The normalized spacial score (nSPS) is 17.3. The minimum absolute atomic E-state index is 0.174. The van der Waals surface area contributed by atoms with Crippen molar-refractivity contribution < 1.29 is 4.79 Å². The first-order valence-corrected chi connectivity index (χ1v) is 7.75. The quantitative estimate of drug-likeness (QED) is 0.795. The summed E-state index contributed by atoms with van der Waals surface area (Å²) in [5.41, 5.74) is 9.63. The van der Waals surface area contributed by atoms with Crippen molar-refractivity contribution in [2.24, 2.45) is 5.92 Å². The highest BCUT2D eigenvalue weighted by molar-refractivity contribution is 5.93. The molecule has 1 aromatic carbocycles. The molecular formula is C17H26N2O. The predicted molar refractivity (Wildman–Crippen MR) is 84.8 cm³/mol. The van der Waals surface area contributed by atoms with Gasteiger partial charge in [0.25, 0.3) is 0 Å². The smallest absolute Gasteiger partial charge is 0.227 e. The first-order valence-electron chi connectivity index (χ1n) is 7.75. The molecule has 0 atom stereocenters. The van der Waals surface area contributed by atoms with E-state index < -0.39 is 0 Å². The first kappa shape index (κ1) is 14.9. The minimum Gasteiger partial charge on any atom is -0.399 e. The van der Waals surface area contributed by atoms with Crippen molar-refractivity contribution in [3.63, 3.8) is 0 Å². The molecule has 0 bridgehead atoms. The second-order valence-electron chi connectivity index (χ2n) is 6.06. The maximum absolute atomic E-state index is 12.4. The van der Waals surface area contributed by atoms with Crippen molar-refractivity contribution in [1.82, 2.24) is 0 Å². The third-order valence-corrected chi connectivity index (χ3v) is 4.35. The zero-order valence-electron chi connectivity index (χ0n) is 12.7. The molecule has 1 saturated carbocycles. The number of carbonyl (C=O) groups excluding carboxylic acids is 1. The van der Waals surface area contributed by atoms with Crippen molar-refractivity contribution in [3.05, 3.63) is 23.3 Å². The number of hydrogen-bond donors (Lipinski definition) is 2. The highest BCUT2D eigenvalue weighted by atomic mass is 16.1. The number of nitrogens with one attached hydrogen (secondary N) is 1. The molecule has 110 valence electrons. The van der Waals surface area contributed by atoms with Crippen LogP contribution in [0.4, 0.5) is 11.4 Å². The van der Waals surface area contributed by atoms with Crippen LogP contribution in [0.3, 0.4) is 0 Å². The Hall–Kier alpha value is -1.51. The van der Waals surface area contributed by atoms with Crippen LogP contribution >= 0.6 is 0 Å². The molecule has 1 amide bonds. The van der Waals surface area contributed by atoms with Crippen LogP contribution in [0, 0.1) is 19.8 Å². The molecule has 0 aliphatic heterocycles. The number of carbonyl (C=O) groups is 1. The molecule has 0 aromatic heterocycles. The maximum atomic E-state index is 12.4. The van der Waals surface area contributed by atoms with Gasteiger partial charge in [0.05, 0.1) is 0 Å². The highest BCUT2D eigenvalue weighted by Gasteiger charge is 2.20. The van der Waals surface area contributed by atoms with E-state index in [4.69, 9.17) is 5.73 Å². The van der Waals surface area contributed by atoms with Gasteiger partial charge in [0, 0.05) is 17.3 Å². The van der Waals surface area contributed by atoms with Crippen LogP contribution in [0.15, 0.2) is 12.1 Å². The molecule has 0 unspecified atom stereocenters. The number of anilines is 2. The van der Waals surface area contributed by atoms with E-state index in [1.807, 2.05) is 26.0 Å². The summed E-state index contributed by atoms with van der Waals surface area (Å²) in [6, 6.07) is 3.91. The molecule has 0 radical (unpaired) electrons. The Morgan fingerprint density at radius 1 is 1.05 bits per heavy atom. The van der Waals surface area contributed by atoms with E-state index in [-0.39, 0.29) is 11.8 Å². The van der Waals surface area contributed by atoms with Crippen LogP contribution in [-0.2, 0) is 4.79 Å². The fraction of sp³-hybridized carbons (Fsp3) is 0.588. The van der Waals surface area contributed by atoms with Gasteiger partial charge in [-0.3, -0.25) is 4.79 Å². The van der Waals surface area contributed by atoms with Gasteiger partial charge in [-0.1, -0.05) is 32.1 Å². The van der Waals surface area contributed by atoms with Gasteiger partial charge in [-0.15, -0.1) is 0 Å². The highest BCUT2D eigenvalue weighted by Crippen LogP contribution is 2.26. The molecule has 1 aromatic rings. The monoisotopic (exact) mass is 274 g/mol. The van der Waals surface area contributed by atoms with Gasteiger partial charge in [-0.2, -0.15) is 0 Å². The summed E-state index contributed by atoms with van der Waals surface area (Å²) < 4.78 is 0. The fourth-order valence-electron chi connectivity index (χ4n) is 2.93. The van der Waals surface area contributed by atoms with Crippen LogP contribution < -0.4 is 11.1 Å². The maximum Gasteiger partial charge on any atom is 0.227 e. The van der Waals surface area contributed by atoms with Gasteiger partial charge in [0.1, 0.15) is 0 Å². The van der Waals surface area contributed by atoms with E-state index in [0.717, 1.165) is 35.3 Å². The number of amides is 1. The number of aryl methyl sites for hydroxylation is 2. The lowest BCUT2D eigenvalue weighted by Crippen LogP contribution is -2.24. The SMILES string of the molecule is Cc1cc(NC(=O)C2CCCCCCC2)c(C)cc1N. The average Bonchev–Trinajstić information content (AvgIpc) is 2.35. The van der Waals surface area contributed by atoms with Crippen molar-refractivity contribution in [1.29, 1.82) is 0 Å². The number of nitrogen functional groups attached to an aromatic ring is 1. The topological polar surface area (TPSA) is 55.1 Å². The van der Waals surface area contributed by atoms with Crippen LogP contribution in [-0.4, -0.2) is 5.91 Å². The second kappa shape index (κ2) is 6.78. The Labute approximate surface area is 121 Å². The lowest BCUT2D eigenvalue weighted by atomic mass is 9.90. The molecule has 3 N–H and O–H groups in total. The molecular weight excluding hydrogens is 248 g/mol. The first-order chi connectivity index (χ1) is 9.58. The Morgan fingerprint density at radius 2 is 1.65 bits per heavy atom. The standard InChI is InChI=1S/C17H26N2O/c1-12-11-16(13(2)10-15(12)18)19-17(20)14-8-6-4-3-5-7-9-14/h10-11,14H,3-9,18H2,1-2H3,(H,19,20). The van der Waals surface area contributed by atoms with E-state index in [2.05, 4.69) is 5.32 Å². The third-order valence-electron chi connectivity index (χ3n) is 4.35. The van der Waals surface area contributed by atoms with Crippen molar-refractivity contribution in [2.75, 3.05) is 11.1 Å². The summed E-state index contributed by atoms with van der Waals surface area (Å²) in [5, 5.41) is 3.10. The molecule has 0 spiro atoms. The average molecular weight is 274 g/mol. The number of rotatable bonds is 2. The molecule has 1 aliphatic carbocycles. The van der Waals surface area contributed by atoms with Crippen molar-refractivity contribution in [2.45, 2.75) is 58.8 Å².